The number of hydrogen-bond donors (Lipinski definition) is 0. The number of fused-ring (bicyclic) bond motifs is 6. The molecule has 0 saturated carbocycles. The van der Waals surface area contributed by atoms with Crippen LogP contribution in [0.25, 0.3) is 75.1 Å². The zero-order chi connectivity index (χ0) is 34.4. The molecule has 244 valence electrons. The normalized spacial score (nSPS) is 11.5. The van der Waals surface area contributed by atoms with Crippen LogP contribution < -0.4 is 4.90 Å². The van der Waals surface area contributed by atoms with Gasteiger partial charge in [-0.25, -0.2) is 0 Å². The summed E-state index contributed by atoms with van der Waals surface area (Å²) >= 11 is 1.86. The fourth-order valence-corrected chi connectivity index (χ4v) is 8.69. The van der Waals surface area contributed by atoms with Gasteiger partial charge < -0.3 is 4.90 Å². The summed E-state index contributed by atoms with van der Waals surface area (Å²) < 4.78 is 2.66. The monoisotopic (exact) mass is 679 g/mol. The van der Waals surface area contributed by atoms with Crippen molar-refractivity contribution in [1.82, 2.24) is 0 Å². The molecule has 0 aliphatic heterocycles. The number of rotatable bonds is 6. The predicted octanol–water partition coefficient (Wildman–Crippen LogP) is 14.8. The van der Waals surface area contributed by atoms with E-state index in [1.54, 1.807) is 0 Å². The highest BCUT2D eigenvalue weighted by molar-refractivity contribution is 7.25. The molecule has 10 rings (SSSR count). The second-order valence-electron chi connectivity index (χ2n) is 13.4. The van der Waals surface area contributed by atoms with E-state index in [4.69, 9.17) is 0 Å². The summed E-state index contributed by atoms with van der Waals surface area (Å²) in [5, 5.41) is 7.73. The van der Waals surface area contributed by atoms with Crippen molar-refractivity contribution in [1.29, 1.82) is 0 Å². The molecule has 0 bridgehead atoms. The molecule has 0 aliphatic carbocycles. The Kier molecular flexibility index (Phi) is 7.41. The molecule has 9 aromatic carbocycles. The molecule has 0 fully saturated rings. The van der Waals surface area contributed by atoms with Gasteiger partial charge in [0.15, 0.2) is 0 Å². The van der Waals surface area contributed by atoms with Gasteiger partial charge in [0.1, 0.15) is 0 Å². The lowest BCUT2D eigenvalue weighted by Gasteiger charge is -2.26. The molecule has 0 amide bonds. The summed E-state index contributed by atoms with van der Waals surface area (Å²) in [6.45, 7) is 0. The topological polar surface area (TPSA) is 3.24 Å². The Bertz CT molecular complexity index is 2890. The Labute approximate surface area is 307 Å². The fourth-order valence-electron chi connectivity index (χ4n) is 7.61. The molecule has 0 unspecified atom stereocenters. The molecule has 0 N–H and O–H groups in total. The lowest BCUT2D eigenvalue weighted by atomic mass is 9.97. The van der Waals surface area contributed by atoms with E-state index in [9.17, 15) is 0 Å². The van der Waals surface area contributed by atoms with E-state index in [1.807, 2.05) is 11.3 Å². The van der Waals surface area contributed by atoms with Crippen LogP contribution in [0.1, 0.15) is 0 Å². The lowest BCUT2D eigenvalue weighted by molar-refractivity contribution is 1.28. The summed E-state index contributed by atoms with van der Waals surface area (Å²) in [5.41, 5.74) is 10.6. The zero-order valence-corrected chi connectivity index (χ0v) is 29.2. The second-order valence-corrected chi connectivity index (χ2v) is 14.5. The average molecular weight is 680 g/mol. The molecule has 0 atom stereocenters. The number of thiophene rings is 1. The molecule has 52 heavy (non-hydrogen) atoms. The molecule has 0 spiro atoms. The minimum atomic E-state index is 1.11. The van der Waals surface area contributed by atoms with Crippen LogP contribution >= 0.6 is 11.3 Å². The average Bonchev–Trinajstić information content (AvgIpc) is 3.60. The van der Waals surface area contributed by atoms with Crippen molar-refractivity contribution >= 4 is 70.1 Å². The van der Waals surface area contributed by atoms with Gasteiger partial charge in [0.2, 0.25) is 0 Å². The minimum absolute atomic E-state index is 1.11. The molecule has 1 aromatic heterocycles. The van der Waals surface area contributed by atoms with Crippen LogP contribution in [-0.4, -0.2) is 0 Å². The molecule has 1 heterocycles. The summed E-state index contributed by atoms with van der Waals surface area (Å²) in [5.74, 6) is 0. The maximum absolute atomic E-state index is 2.37. The first-order valence-corrected chi connectivity index (χ1v) is 18.6. The van der Waals surface area contributed by atoms with Crippen molar-refractivity contribution in [2.75, 3.05) is 4.90 Å². The highest BCUT2D eigenvalue weighted by atomic mass is 32.1. The van der Waals surface area contributed by atoms with E-state index in [2.05, 4.69) is 205 Å². The van der Waals surface area contributed by atoms with Crippen LogP contribution in [0, 0.1) is 0 Å². The smallest absolute Gasteiger partial charge is 0.0467 e. The molecule has 2 heteroatoms. The lowest BCUT2D eigenvalue weighted by Crippen LogP contribution is -2.10. The van der Waals surface area contributed by atoms with E-state index in [0.29, 0.717) is 0 Å². The van der Waals surface area contributed by atoms with Gasteiger partial charge in [-0.15, -0.1) is 11.3 Å². The standard InChI is InChI=1S/C50H33NS/c1-2-9-34(10-3-1)35-19-25-42(26-20-35)51(43-27-21-36(22-28-43)40-24-30-50-48(33-40)47-15-6-7-16-49(47)52-50)44-13-8-12-38(32-44)39-23-29-46-41(31-39)18-17-37-11-4-5-14-45(37)46/h1-33H. The third-order valence-corrected chi connectivity index (χ3v) is 11.4. The second kappa shape index (κ2) is 12.7. The van der Waals surface area contributed by atoms with Gasteiger partial charge in [-0.2, -0.15) is 0 Å². The van der Waals surface area contributed by atoms with Crippen molar-refractivity contribution in [2.24, 2.45) is 0 Å². The Hall–Kier alpha value is -6.48. The van der Waals surface area contributed by atoms with E-state index >= 15 is 0 Å². The van der Waals surface area contributed by atoms with Crippen molar-refractivity contribution in [3.8, 4) is 33.4 Å². The number of benzene rings is 9. The highest BCUT2D eigenvalue weighted by Crippen LogP contribution is 2.40. The predicted molar refractivity (Wildman–Crippen MR) is 225 cm³/mol. The third-order valence-electron chi connectivity index (χ3n) is 10.3. The maximum atomic E-state index is 2.37. The van der Waals surface area contributed by atoms with Crippen LogP contribution in [0.2, 0.25) is 0 Å². The SMILES string of the molecule is c1ccc(-c2ccc(N(c3ccc(-c4ccc5sc6ccccc6c5c4)cc3)c3cccc(-c4ccc5c(ccc6ccccc65)c4)c3)cc2)cc1. The Morgan fingerprint density at radius 2 is 0.808 bits per heavy atom. The molecule has 1 nitrogen and oxygen atoms in total. The molecule has 0 saturated heterocycles. The quantitative estimate of drug-likeness (QED) is 0.158. The molecule has 10 aromatic rings. The maximum Gasteiger partial charge on any atom is 0.0467 e. The number of hydrogen-bond acceptors (Lipinski definition) is 2. The van der Waals surface area contributed by atoms with Crippen LogP contribution in [0.5, 0.6) is 0 Å². The highest BCUT2D eigenvalue weighted by Gasteiger charge is 2.15. The van der Waals surface area contributed by atoms with Crippen molar-refractivity contribution < 1.29 is 0 Å². The summed E-state index contributed by atoms with van der Waals surface area (Å²) in [4.78, 5) is 2.37. The molecule has 0 radical (unpaired) electrons. The third kappa shape index (κ3) is 5.42. The first kappa shape index (κ1) is 30.4. The summed E-state index contributed by atoms with van der Waals surface area (Å²) in [7, 11) is 0. The number of anilines is 3. The Morgan fingerprint density at radius 3 is 1.62 bits per heavy atom. The van der Waals surface area contributed by atoms with Crippen LogP contribution in [0.15, 0.2) is 200 Å². The van der Waals surface area contributed by atoms with Gasteiger partial charge in [0, 0.05) is 37.2 Å². The largest absolute Gasteiger partial charge is 0.310 e. The van der Waals surface area contributed by atoms with Gasteiger partial charge >= 0.3 is 0 Å². The van der Waals surface area contributed by atoms with E-state index in [1.165, 1.54) is 75.1 Å². The van der Waals surface area contributed by atoms with Crippen LogP contribution in [0.4, 0.5) is 17.1 Å². The summed E-state index contributed by atoms with van der Waals surface area (Å²) in [6.07, 6.45) is 0. The minimum Gasteiger partial charge on any atom is -0.310 e. The van der Waals surface area contributed by atoms with Gasteiger partial charge in [0.05, 0.1) is 0 Å². The number of nitrogens with zero attached hydrogens (tertiary/aromatic N) is 1. The first-order chi connectivity index (χ1) is 25.7. The van der Waals surface area contributed by atoms with Gasteiger partial charge in [0.25, 0.3) is 0 Å². The van der Waals surface area contributed by atoms with Crippen LogP contribution in [0.3, 0.4) is 0 Å². The van der Waals surface area contributed by atoms with E-state index in [0.717, 1.165) is 17.1 Å². The molecular formula is C50H33NS. The fraction of sp³-hybridized carbons (Fsp3) is 0. The molecular weight excluding hydrogens is 647 g/mol. The van der Waals surface area contributed by atoms with Crippen LogP contribution in [-0.2, 0) is 0 Å². The van der Waals surface area contributed by atoms with Gasteiger partial charge in [-0.05, 0) is 116 Å². The zero-order valence-electron chi connectivity index (χ0n) is 28.4. The van der Waals surface area contributed by atoms with E-state index < -0.39 is 0 Å². The van der Waals surface area contributed by atoms with Gasteiger partial charge in [-0.3, -0.25) is 0 Å². The van der Waals surface area contributed by atoms with Crippen molar-refractivity contribution in [3.05, 3.63) is 200 Å². The van der Waals surface area contributed by atoms with E-state index in [-0.39, 0.29) is 0 Å². The van der Waals surface area contributed by atoms with Crippen molar-refractivity contribution in [2.45, 2.75) is 0 Å². The first-order valence-electron chi connectivity index (χ1n) is 17.7. The van der Waals surface area contributed by atoms with Gasteiger partial charge in [-0.1, -0.05) is 140 Å². The molecule has 0 aliphatic rings. The Balaban J connectivity index is 1.05. The Morgan fingerprint density at radius 1 is 0.269 bits per heavy atom. The summed E-state index contributed by atoms with van der Waals surface area (Å²) in [6, 6.07) is 73.0. The van der Waals surface area contributed by atoms with Crippen molar-refractivity contribution in [3.63, 3.8) is 0 Å².